The van der Waals surface area contributed by atoms with Crippen molar-refractivity contribution in [2.45, 2.75) is 38.4 Å². The summed E-state index contributed by atoms with van der Waals surface area (Å²) in [5.41, 5.74) is 5.21. The summed E-state index contributed by atoms with van der Waals surface area (Å²) in [4.78, 5) is 12.6. The molecule has 0 aromatic rings. The molecule has 108 valence electrons. The molecule has 1 unspecified atom stereocenters. The zero-order valence-electron chi connectivity index (χ0n) is 10.9. The molecule has 1 atom stereocenters. The van der Waals surface area contributed by atoms with Crippen LogP contribution in [-0.2, 0) is 4.79 Å². The van der Waals surface area contributed by atoms with Crippen molar-refractivity contribution in [3.05, 3.63) is 0 Å². The zero-order chi connectivity index (χ0) is 14.2. The summed E-state index contributed by atoms with van der Waals surface area (Å²) in [5.74, 6) is -0.465. The van der Waals surface area contributed by atoms with Crippen LogP contribution >= 0.6 is 0 Å². The number of carbonyl (C=O) groups is 1. The van der Waals surface area contributed by atoms with Gasteiger partial charge in [-0.15, -0.1) is 0 Å². The van der Waals surface area contributed by atoms with E-state index in [0.717, 1.165) is 6.42 Å². The Morgan fingerprint density at radius 3 is 2.44 bits per heavy atom. The van der Waals surface area contributed by atoms with E-state index in [9.17, 15) is 18.0 Å². The first-order valence-electron chi connectivity index (χ1n) is 6.04. The Kier molecular flexibility index (Phi) is 7.93. The lowest BCUT2D eigenvalue weighted by Gasteiger charge is -2.21. The van der Waals surface area contributed by atoms with Crippen molar-refractivity contribution in [3.63, 3.8) is 0 Å². The van der Waals surface area contributed by atoms with Gasteiger partial charge in [-0.2, -0.15) is 13.2 Å². The van der Waals surface area contributed by atoms with E-state index in [2.05, 4.69) is 5.32 Å². The Balaban J connectivity index is 3.92. The van der Waals surface area contributed by atoms with E-state index in [0.29, 0.717) is 19.5 Å². The molecular weight excluding hydrogens is 247 g/mol. The molecule has 0 aromatic heterocycles. The van der Waals surface area contributed by atoms with Gasteiger partial charge in [-0.05, 0) is 33.0 Å². The molecule has 0 saturated carbocycles. The number of primary amides is 1. The Hall–Kier alpha value is -0.820. The summed E-state index contributed by atoms with van der Waals surface area (Å²) in [6.07, 6.45) is -3.69. The first-order valence-corrected chi connectivity index (χ1v) is 6.04. The molecule has 0 spiro atoms. The molecule has 0 aliphatic rings. The average molecular weight is 269 g/mol. The maximum Gasteiger partial charge on any atom is 0.390 e. The highest BCUT2D eigenvalue weighted by Crippen LogP contribution is 2.19. The number of nitrogens with two attached hydrogens (primary N) is 1. The molecule has 18 heavy (non-hydrogen) atoms. The monoisotopic (exact) mass is 269 g/mol. The number of hydrogen-bond donors (Lipinski definition) is 2. The third-order valence-electron chi connectivity index (χ3n) is 2.56. The normalized spacial score (nSPS) is 13.9. The summed E-state index contributed by atoms with van der Waals surface area (Å²) < 4.78 is 36.0. The maximum atomic E-state index is 12.0. The van der Waals surface area contributed by atoms with Gasteiger partial charge >= 0.3 is 6.18 Å². The molecule has 1 amide bonds. The quantitative estimate of drug-likeness (QED) is 0.659. The fourth-order valence-electron chi connectivity index (χ4n) is 1.44. The first-order chi connectivity index (χ1) is 8.26. The van der Waals surface area contributed by atoms with Crippen LogP contribution in [0, 0.1) is 0 Å². The average Bonchev–Trinajstić information content (AvgIpc) is 2.25. The van der Waals surface area contributed by atoms with Crippen molar-refractivity contribution in [2.24, 2.45) is 5.73 Å². The molecular formula is C11H22F3N3O. The lowest BCUT2D eigenvalue weighted by Crippen LogP contribution is -2.43. The van der Waals surface area contributed by atoms with Gasteiger partial charge in [0.25, 0.3) is 0 Å². The number of nitrogens with one attached hydrogen (secondary N) is 1. The number of amides is 1. The minimum absolute atomic E-state index is 0.0667. The molecule has 0 aliphatic heterocycles. The molecule has 4 nitrogen and oxygen atoms in total. The van der Waals surface area contributed by atoms with E-state index >= 15 is 0 Å². The topological polar surface area (TPSA) is 58.4 Å². The number of halogens is 3. The Bertz CT molecular complexity index is 246. The largest absolute Gasteiger partial charge is 0.390 e. The van der Waals surface area contributed by atoms with Crippen LogP contribution in [0.4, 0.5) is 13.2 Å². The van der Waals surface area contributed by atoms with Gasteiger partial charge < -0.3 is 16.0 Å². The summed E-state index contributed by atoms with van der Waals surface area (Å²) in [7, 11) is 1.60. The van der Waals surface area contributed by atoms with Crippen LogP contribution < -0.4 is 11.1 Å². The molecule has 0 radical (unpaired) electrons. The highest BCUT2D eigenvalue weighted by Gasteiger charge is 2.27. The smallest absolute Gasteiger partial charge is 0.368 e. The van der Waals surface area contributed by atoms with Crippen molar-refractivity contribution < 1.29 is 18.0 Å². The third-order valence-corrected chi connectivity index (χ3v) is 2.56. The van der Waals surface area contributed by atoms with Crippen LogP contribution in [0.5, 0.6) is 0 Å². The third kappa shape index (κ3) is 9.23. The summed E-state index contributed by atoms with van der Waals surface area (Å²) in [6, 6.07) is -0.474. The molecule has 0 fully saturated rings. The van der Waals surface area contributed by atoms with Crippen molar-refractivity contribution >= 4 is 5.91 Å². The molecule has 7 heteroatoms. The van der Waals surface area contributed by atoms with Crippen LogP contribution in [0.1, 0.15) is 26.2 Å². The predicted molar refractivity (Wildman–Crippen MR) is 64.1 cm³/mol. The zero-order valence-corrected chi connectivity index (χ0v) is 10.9. The van der Waals surface area contributed by atoms with Crippen LogP contribution in [0.3, 0.4) is 0 Å². The van der Waals surface area contributed by atoms with Gasteiger partial charge in [-0.1, -0.05) is 6.92 Å². The second kappa shape index (κ2) is 8.31. The molecule has 0 aliphatic carbocycles. The number of rotatable bonds is 9. The summed E-state index contributed by atoms with van der Waals surface area (Å²) >= 11 is 0. The van der Waals surface area contributed by atoms with Gasteiger partial charge in [-0.25, -0.2) is 0 Å². The maximum absolute atomic E-state index is 12.0. The lowest BCUT2D eigenvalue weighted by atomic mass is 10.2. The number of nitrogens with zero attached hydrogens (tertiary/aromatic N) is 1. The van der Waals surface area contributed by atoms with Crippen molar-refractivity contribution in [1.82, 2.24) is 10.2 Å². The van der Waals surface area contributed by atoms with E-state index < -0.39 is 24.5 Å². The van der Waals surface area contributed by atoms with E-state index in [1.165, 1.54) is 0 Å². The predicted octanol–water partition coefficient (Wildman–Crippen LogP) is 1.11. The summed E-state index contributed by atoms with van der Waals surface area (Å²) in [5, 5.41) is 2.97. The SMILES string of the molecule is CCCNC(CCN(C)CCC(F)(F)F)C(N)=O. The summed E-state index contributed by atoms with van der Waals surface area (Å²) in [6.45, 7) is 2.96. The minimum Gasteiger partial charge on any atom is -0.368 e. The van der Waals surface area contributed by atoms with E-state index in [1.54, 1.807) is 11.9 Å². The number of hydrogen-bond acceptors (Lipinski definition) is 3. The van der Waals surface area contributed by atoms with Gasteiger partial charge in [0.15, 0.2) is 0 Å². The standard InChI is InChI=1S/C11H22F3N3O/c1-3-6-16-9(10(15)18)4-7-17(2)8-5-11(12,13)14/h9,16H,3-8H2,1-2H3,(H2,15,18). The fraction of sp³-hybridized carbons (Fsp3) is 0.909. The van der Waals surface area contributed by atoms with Crippen LogP contribution in [0.15, 0.2) is 0 Å². The van der Waals surface area contributed by atoms with Gasteiger partial charge in [0.2, 0.25) is 5.91 Å². The molecule has 3 N–H and O–H groups in total. The van der Waals surface area contributed by atoms with E-state index in [4.69, 9.17) is 5.73 Å². The van der Waals surface area contributed by atoms with E-state index in [1.807, 2.05) is 6.92 Å². The van der Waals surface area contributed by atoms with Crippen molar-refractivity contribution in [3.8, 4) is 0 Å². The van der Waals surface area contributed by atoms with Crippen LogP contribution in [-0.4, -0.2) is 49.7 Å². The van der Waals surface area contributed by atoms with Gasteiger partial charge in [0.05, 0.1) is 12.5 Å². The van der Waals surface area contributed by atoms with E-state index in [-0.39, 0.29) is 6.54 Å². The lowest BCUT2D eigenvalue weighted by molar-refractivity contribution is -0.137. The highest BCUT2D eigenvalue weighted by molar-refractivity contribution is 5.79. The highest BCUT2D eigenvalue weighted by atomic mass is 19.4. The Morgan fingerprint density at radius 1 is 1.39 bits per heavy atom. The van der Waals surface area contributed by atoms with Gasteiger partial charge in [-0.3, -0.25) is 4.79 Å². The number of carbonyl (C=O) groups excluding carboxylic acids is 1. The second-order valence-corrected chi connectivity index (χ2v) is 4.37. The molecule has 0 saturated heterocycles. The molecule has 0 aromatic carbocycles. The first kappa shape index (κ1) is 17.2. The second-order valence-electron chi connectivity index (χ2n) is 4.37. The molecule has 0 heterocycles. The van der Waals surface area contributed by atoms with Crippen molar-refractivity contribution in [1.29, 1.82) is 0 Å². The Morgan fingerprint density at radius 2 is 2.00 bits per heavy atom. The van der Waals surface area contributed by atoms with Crippen LogP contribution in [0.2, 0.25) is 0 Å². The molecule has 0 rings (SSSR count). The van der Waals surface area contributed by atoms with Gasteiger partial charge in [0, 0.05) is 6.54 Å². The van der Waals surface area contributed by atoms with Crippen LogP contribution in [0.25, 0.3) is 0 Å². The number of alkyl halides is 3. The van der Waals surface area contributed by atoms with Crippen molar-refractivity contribution in [2.75, 3.05) is 26.7 Å². The minimum atomic E-state index is -4.14. The fourth-order valence-corrected chi connectivity index (χ4v) is 1.44. The Labute approximate surface area is 106 Å². The molecule has 0 bridgehead atoms. The van der Waals surface area contributed by atoms with Gasteiger partial charge in [0.1, 0.15) is 0 Å².